The monoisotopic (exact) mass is 277 g/mol. The van der Waals surface area contributed by atoms with E-state index in [1.165, 1.54) is 12.8 Å². The molecule has 3 atom stereocenters. The number of hydrogen-bond acceptors (Lipinski definition) is 4. The number of nitrogens with two attached hydrogens (primary N) is 1. The van der Waals surface area contributed by atoms with Crippen LogP contribution in [0.2, 0.25) is 0 Å². The Hall–Kier alpha value is -1.26. The summed E-state index contributed by atoms with van der Waals surface area (Å²) in [5.41, 5.74) is 7.18. The van der Waals surface area contributed by atoms with Crippen LogP contribution in [0.1, 0.15) is 43.7 Å². The summed E-state index contributed by atoms with van der Waals surface area (Å²) in [5, 5.41) is 0. The van der Waals surface area contributed by atoms with E-state index in [1.54, 1.807) is 14.2 Å². The highest BCUT2D eigenvalue weighted by Crippen LogP contribution is 2.46. The average Bonchev–Trinajstić information content (AvgIpc) is 2.47. The molecule has 2 aliphatic rings. The molecule has 110 valence electrons. The topological polar surface area (TPSA) is 53.7 Å². The summed E-state index contributed by atoms with van der Waals surface area (Å²) in [6, 6.07) is 5.85. The first kappa shape index (κ1) is 13.7. The fourth-order valence-electron chi connectivity index (χ4n) is 3.64. The van der Waals surface area contributed by atoms with Crippen molar-refractivity contribution in [2.45, 2.75) is 49.9 Å². The fourth-order valence-corrected chi connectivity index (χ4v) is 3.64. The van der Waals surface area contributed by atoms with Crippen LogP contribution in [0.25, 0.3) is 0 Å². The number of fused-ring (bicyclic) bond motifs is 1. The van der Waals surface area contributed by atoms with Crippen LogP contribution in [0.5, 0.6) is 11.5 Å². The molecule has 1 aliphatic heterocycles. The summed E-state index contributed by atoms with van der Waals surface area (Å²) in [7, 11) is 3.44. The van der Waals surface area contributed by atoms with Gasteiger partial charge in [-0.05, 0) is 37.5 Å². The third-order valence-electron chi connectivity index (χ3n) is 4.68. The smallest absolute Gasteiger partial charge is 0.137 e. The highest BCUT2D eigenvalue weighted by Gasteiger charge is 2.47. The Bertz CT molecular complexity index is 491. The van der Waals surface area contributed by atoms with Gasteiger partial charge < -0.3 is 19.9 Å². The second-order valence-electron chi connectivity index (χ2n) is 5.85. The molecule has 0 bridgehead atoms. The molecule has 1 spiro atoms. The van der Waals surface area contributed by atoms with E-state index in [1.807, 2.05) is 18.2 Å². The lowest BCUT2D eigenvalue weighted by molar-refractivity contribution is -0.114. The van der Waals surface area contributed by atoms with Crippen molar-refractivity contribution in [2.75, 3.05) is 14.2 Å². The van der Waals surface area contributed by atoms with Gasteiger partial charge in [0.05, 0.1) is 13.2 Å². The first-order chi connectivity index (χ1) is 9.68. The average molecular weight is 277 g/mol. The minimum absolute atomic E-state index is 0.0235. The summed E-state index contributed by atoms with van der Waals surface area (Å²) in [5.74, 6) is 1.71. The Balaban J connectivity index is 1.95. The van der Waals surface area contributed by atoms with Crippen molar-refractivity contribution in [3.05, 3.63) is 23.8 Å². The maximum atomic E-state index is 6.40. The van der Waals surface area contributed by atoms with Crippen LogP contribution in [-0.4, -0.2) is 25.9 Å². The largest absolute Gasteiger partial charge is 0.497 e. The number of ether oxygens (including phenoxy) is 3. The van der Waals surface area contributed by atoms with E-state index in [-0.39, 0.29) is 17.7 Å². The Kier molecular flexibility index (Phi) is 3.61. The van der Waals surface area contributed by atoms with Crippen LogP contribution in [0.4, 0.5) is 0 Å². The van der Waals surface area contributed by atoms with E-state index in [0.717, 1.165) is 36.3 Å². The van der Waals surface area contributed by atoms with E-state index in [2.05, 4.69) is 0 Å². The molecule has 1 aromatic rings. The van der Waals surface area contributed by atoms with Gasteiger partial charge in [0.15, 0.2) is 0 Å². The molecule has 1 aromatic carbocycles. The van der Waals surface area contributed by atoms with Crippen LogP contribution in [-0.2, 0) is 4.74 Å². The molecule has 4 heteroatoms. The number of hydrogen-bond donors (Lipinski definition) is 1. The van der Waals surface area contributed by atoms with E-state index in [0.29, 0.717) is 0 Å². The molecular formula is C16H23NO3. The van der Waals surface area contributed by atoms with Gasteiger partial charge in [0.2, 0.25) is 0 Å². The molecule has 3 rings (SSSR count). The first-order valence-electron chi connectivity index (χ1n) is 7.34. The van der Waals surface area contributed by atoms with E-state index >= 15 is 0 Å². The van der Waals surface area contributed by atoms with E-state index in [4.69, 9.17) is 19.9 Å². The minimum Gasteiger partial charge on any atom is -0.497 e. The molecule has 1 saturated carbocycles. The summed E-state index contributed by atoms with van der Waals surface area (Å²) >= 11 is 0. The van der Waals surface area contributed by atoms with Gasteiger partial charge in [-0.1, -0.05) is 6.42 Å². The molecule has 0 amide bonds. The normalized spacial score (nSPS) is 32.5. The molecule has 1 aliphatic carbocycles. The molecule has 4 nitrogen and oxygen atoms in total. The van der Waals surface area contributed by atoms with Crippen molar-refractivity contribution in [2.24, 2.45) is 5.73 Å². The minimum atomic E-state index is -0.256. The zero-order chi connectivity index (χ0) is 14.2. The Morgan fingerprint density at radius 1 is 1.30 bits per heavy atom. The van der Waals surface area contributed by atoms with Gasteiger partial charge in [-0.15, -0.1) is 0 Å². The van der Waals surface area contributed by atoms with Crippen LogP contribution in [0, 0.1) is 0 Å². The second kappa shape index (κ2) is 5.26. The zero-order valence-electron chi connectivity index (χ0n) is 12.2. The molecule has 0 saturated heterocycles. The van der Waals surface area contributed by atoms with Gasteiger partial charge in [-0.3, -0.25) is 0 Å². The summed E-state index contributed by atoms with van der Waals surface area (Å²) in [6.45, 7) is 0. The second-order valence-corrected chi connectivity index (χ2v) is 5.85. The highest BCUT2D eigenvalue weighted by atomic mass is 16.5. The van der Waals surface area contributed by atoms with Gasteiger partial charge in [-0.25, -0.2) is 0 Å². The van der Waals surface area contributed by atoms with E-state index in [9.17, 15) is 0 Å². The quantitative estimate of drug-likeness (QED) is 0.903. The molecule has 2 unspecified atom stereocenters. The molecule has 1 heterocycles. The zero-order valence-corrected chi connectivity index (χ0v) is 12.2. The van der Waals surface area contributed by atoms with E-state index < -0.39 is 0 Å². The fraction of sp³-hybridized carbons (Fsp3) is 0.625. The molecule has 0 radical (unpaired) electrons. The summed E-state index contributed by atoms with van der Waals surface area (Å²) < 4.78 is 17.3. The lowest BCUT2D eigenvalue weighted by atomic mass is 9.75. The Morgan fingerprint density at radius 2 is 2.15 bits per heavy atom. The molecule has 1 fully saturated rings. The van der Waals surface area contributed by atoms with Gasteiger partial charge in [0.25, 0.3) is 0 Å². The Labute approximate surface area is 120 Å². The maximum Gasteiger partial charge on any atom is 0.137 e. The summed E-state index contributed by atoms with van der Waals surface area (Å²) in [6.07, 6.45) is 5.40. The van der Waals surface area contributed by atoms with Crippen LogP contribution >= 0.6 is 0 Å². The van der Waals surface area contributed by atoms with Crippen LogP contribution in [0.3, 0.4) is 0 Å². The van der Waals surface area contributed by atoms with Crippen molar-refractivity contribution in [1.29, 1.82) is 0 Å². The third kappa shape index (κ3) is 2.17. The lowest BCUT2D eigenvalue weighted by Gasteiger charge is -2.47. The SMILES string of the molecule is COc1ccc2c(c1)[C@@H](N)CC1(CCCCC1OC)O2. The summed E-state index contributed by atoms with van der Waals surface area (Å²) in [4.78, 5) is 0. The van der Waals surface area contributed by atoms with Crippen LogP contribution < -0.4 is 15.2 Å². The molecule has 0 aromatic heterocycles. The molecule has 2 N–H and O–H groups in total. The Morgan fingerprint density at radius 3 is 2.90 bits per heavy atom. The van der Waals surface area contributed by atoms with Gasteiger partial charge >= 0.3 is 0 Å². The predicted octanol–water partition coefficient (Wildman–Crippen LogP) is 2.81. The van der Waals surface area contributed by atoms with Crippen molar-refractivity contribution in [3.8, 4) is 11.5 Å². The molecular weight excluding hydrogens is 254 g/mol. The third-order valence-corrected chi connectivity index (χ3v) is 4.68. The lowest BCUT2D eigenvalue weighted by Crippen LogP contribution is -2.54. The maximum absolute atomic E-state index is 6.40. The number of benzene rings is 1. The van der Waals surface area contributed by atoms with Crippen molar-refractivity contribution in [1.82, 2.24) is 0 Å². The highest BCUT2D eigenvalue weighted by molar-refractivity contribution is 5.44. The standard InChI is InChI=1S/C16H23NO3/c1-18-11-6-7-14-12(9-11)13(17)10-16(20-14)8-4-3-5-15(16)19-2/h6-7,9,13,15H,3-5,8,10,17H2,1-2H3/t13-,15?,16?/m0/s1. The molecule has 20 heavy (non-hydrogen) atoms. The number of methoxy groups -OCH3 is 2. The van der Waals surface area contributed by atoms with Crippen molar-refractivity contribution in [3.63, 3.8) is 0 Å². The van der Waals surface area contributed by atoms with Crippen molar-refractivity contribution >= 4 is 0 Å². The predicted molar refractivity (Wildman–Crippen MR) is 77.2 cm³/mol. The number of rotatable bonds is 2. The van der Waals surface area contributed by atoms with Gasteiger partial charge in [0, 0.05) is 25.1 Å². The van der Waals surface area contributed by atoms with Gasteiger partial charge in [-0.2, -0.15) is 0 Å². The first-order valence-corrected chi connectivity index (χ1v) is 7.34. The van der Waals surface area contributed by atoms with Crippen LogP contribution in [0.15, 0.2) is 18.2 Å². The van der Waals surface area contributed by atoms with Crippen molar-refractivity contribution < 1.29 is 14.2 Å². The van der Waals surface area contributed by atoms with Gasteiger partial charge in [0.1, 0.15) is 17.1 Å².